The van der Waals surface area contributed by atoms with Crippen molar-refractivity contribution < 1.29 is 0 Å². The number of anilines is 6. The highest BCUT2D eigenvalue weighted by Crippen LogP contribution is 2.52. The smallest absolute Gasteiger partial charge is 0.333 e. The van der Waals surface area contributed by atoms with Gasteiger partial charge in [-0.05, 0) is 116 Å². The molecule has 0 amide bonds. The average molecular weight is 861 g/mol. The van der Waals surface area contributed by atoms with Gasteiger partial charge < -0.3 is 18.8 Å². The molecule has 0 atom stereocenters. The molecule has 4 nitrogen and oxygen atoms in total. The summed E-state index contributed by atoms with van der Waals surface area (Å²) in [6, 6.07) is 86.0. The lowest BCUT2D eigenvalue weighted by Gasteiger charge is -2.41. The van der Waals surface area contributed by atoms with Crippen LogP contribution in [0, 0.1) is 0 Å². The second-order valence-electron chi connectivity index (χ2n) is 18.8. The SMILES string of the molecule is c1ccc(-c2cc3c4c(c2)N(c2ccccc2)c2ccccc2B4n2c4c-3cccc4c3c2c2cccc4c2n3B2c3ccccc3N(c3ccccc3)c3cc(-c5ccccc5)cc-4c32)cc1. The largest absolute Gasteiger partial charge is 0.374 e. The van der Waals surface area contributed by atoms with Gasteiger partial charge in [-0.15, -0.1) is 0 Å². The molecule has 0 radical (unpaired) electrons. The Labute approximate surface area is 394 Å². The van der Waals surface area contributed by atoms with E-state index >= 15 is 0 Å². The van der Waals surface area contributed by atoms with E-state index in [0.717, 1.165) is 11.4 Å². The maximum absolute atomic E-state index is 2.76. The Balaban J connectivity index is 1.06. The van der Waals surface area contributed by atoms with E-state index in [0.29, 0.717) is 0 Å². The van der Waals surface area contributed by atoms with Gasteiger partial charge in [-0.3, -0.25) is 0 Å². The monoisotopic (exact) mass is 860 g/mol. The fourth-order valence-corrected chi connectivity index (χ4v) is 12.8. The number of benzene rings is 10. The minimum absolute atomic E-state index is 0.0748. The van der Waals surface area contributed by atoms with E-state index in [4.69, 9.17) is 0 Å². The van der Waals surface area contributed by atoms with Crippen LogP contribution in [0.4, 0.5) is 34.1 Å². The highest BCUT2D eigenvalue weighted by atomic mass is 15.2. The lowest BCUT2D eigenvalue weighted by atomic mass is 9.45. The van der Waals surface area contributed by atoms with Crippen LogP contribution in [0.25, 0.3) is 77.3 Å². The Kier molecular flexibility index (Phi) is 7.21. The highest BCUT2D eigenvalue weighted by Gasteiger charge is 2.47. The molecule has 0 spiro atoms. The van der Waals surface area contributed by atoms with Crippen molar-refractivity contribution in [1.82, 2.24) is 8.96 Å². The Bertz CT molecular complexity index is 3840. The zero-order chi connectivity index (χ0) is 44.2. The van der Waals surface area contributed by atoms with E-state index in [9.17, 15) is 0 Å². The summed E-state index contributed by atoms with van der Waals surface area (Å²) in [5.41, 5.74) is 27.7. The van der Waals surface area contributed by atoms with Gasteiger partial charge in [-0.2, -0.15) is 0 Å². The minimum atomic E-state index is -0.0748. The van der Waals surface area contributed by atoms with Crippen molar-refractivity contribution in [1.29, 1.82) is 0 Å². The molecule has 0 N–H and O–H groups in total. The summed E-state index contributed by atoms with van der Waals surface area (Å²) in [7, 11) is 0. The summed E-state index contributed by atoms with van der Waals surface area (Å²) in [6.07, 6.45) is 0. The van der Waals surface area contributed by atoms with Crippen molar-refractivity contribution in [3.63, 3.8) is 0 Å². The number of para-hydroxylation sites is 6. The summed E-state index contributed by atoms with van der Waals surface area (Å²) in [5, 5.41) is 2.57. The van der Waals surface area contributed by atoms with Gasteiger partial charge in [0.1, 0.15) is 0 Å². The van der Waals surface area contributed by atoms with E-state index in [-0.39, 0.29) is 13.7 Å². The summed E-state index contributed by atoms with van der Waals surface area (Å²) in [6.45, 7) is -0.150. The molecule has 2 aromatic heterocycles. The van der Waals surface area contributed by atoms with Crippen molar-refractivity contribution in [2.75, 3.05) is 9.80 Å². The summed E-state index contributed by atoms with van der Waals surface area (Å²) in [5.74, 6) is 0. The predicted octanol–water partition coefficient (Wildman–Crippen LogP) is 12.9. The van der Waals surface area contributed by atoms with Crippen LogP contribution in [-0.2, 0) is 0 Å². The van der Waals surface area contributed by atoms with Crippen LogP contribution in [-0.4, -0.2) is 22.7 Å². The Morgan fingerprint density at radius 2 is 0.647 bits per heavy atom. The van der Waals surface area contributed by atoms with Crippen LogP contribution in [0.15, 0.2) is 231 Å². The first-order valence-corrected chi connectivity index (χ1v) is 23.8. The average Bonchev–Trinajstić information content (AvgIpc) is 3.93. The second kappa shape index (κ2) is 13.4. The van der Waals surface area contributed by atoms with Crippen LogP contribution in [0.1, 0.15) is 0 Å². The van der Waals surface area contributed by atoms with Gasteiger partial charge in [0.15, 0.2) is 0 Å². The Morgan fingerprint density at radius 1 is 0.265 bits per heavy atom. The predicted molar refractivity (Wildman–Crippen MR) is 287 cm³/mol. The van der Waals surface area contributed by atoms with Crippen molar-refractivity contribution in [2.45, 2.75) is 0 Å². The van der Waals surface area contributed by atoms with Crippen molar-refractivity contribution >= 4 is 103 Å². The van der Waals surface area contributed by atoms with Crippen molar-refractivity contribution in [3.8, 4) is 44.5 Å². The highest BCUT2D eigenvalue weighted by molar-refractivity contribution is 6.92. The summed E-state index contributed by atoms with van der Waals surface area (Å²) >= 11 is 0. The van der Waals surface area contributed by atoms with E-state index in [1.54, 1.807) is 0 Å². The van der Waals surface area contributed by atoms with Gasteiger partial charge in [-0.25, -0.2) is 0 Å². The molecule has 312 valence electrons. The summed E-state index contributed by atoms with van der Waals surface area (Å²) < 4.78 is 5.52. The molecule has 12 aromatic rings. The third kappa shape index (κ3) is 4.66. The molecule has 0 bridgehead atoms. The van der Waals surface area contributed by atoms with Gasteiger partial charge in [0.05, 0.1) is 11.0 Å². The van der Waals surface area contributed by atoms with Gasteiger partial charge in [0.2, 0.25) is 0 Å². The Hall–Kier alpha value is -8.73. The van der Waals surface area contributed by atoms with E-state index in [1.807, 2.05) is 0 Å². The van der Waals surface area contributed by atoms with Gasteiger partial charge >= 0.3 is 13.7 Å². The molecular weight excluding hydrogens is 822 g/mol. The maximum Gasteiger partial charge on any atom is 0.333 e. The number of aromatic nitrogens is 2. The first kappa shape index (κ1) is 36.5. The van der Waals surface area contributed by atoms with Crippen LogP contribution >= 0.6 is 0 Å². The fourth-order valence-electron chi connectivity index (χ4n) is 12.8. The lowest BCUT2D eigenvalue weighted by molar-refractivity contribution is 1.25. The van der Waals surface area contributed by atoms with Gasteiger partial charge in [0.25, 0.3) is 0 Å². The molecule has 0 fully saturated rings. The summed E-state index contributed by atoms with van der Waals surface area (Å²) in [4.78, 5) is 5.02. The van der Waals surface area contributed by atoms with Gasteiger partial charge in [0, 0.05) is 67.1 Å². The number of hydrogen-bond donors (Lipinski definition) is 0. The van der Waals surface area contributed by atoms with Crippen LogP contribution in [0.5, 0.6) is 0 Å². The van der Waals surface area contributed by atoms with E-state index < -0.39 is 0 Å². The zero-order valence-corrected chi connectivity index (χ0v) is 36.9. The molecule has 4 aliphatic rings. The molecule has 68 heavy (non-hydrogen) atoms. The van der Waals surface area contributed by atoms with Crippen LogP contribution < -0.4 is 31.7 Å². The lowest BCUT2D eigenvalue weighted by Crippen LogP contribution is -2.56. The standard InChI is InChI=1S/C62H38B2N4/c1-5-19-39(20-6-1)41-35-49-45-27-17-29-47-59(45)67(63-51-31-13-15-33-53(51)65(55(37-41)57(49)63)43-23-9-3-10-24-43)62-48-30-18-28-46-50-36-42(40-21-7-2-8-22-40)38-56-58(50)64(68(60(46)48)61(47)62)52-32-14-16-34-54(52)66(56)44-25-11-4-12-26-44/h1-38H. The number of rotatable bonds is 4. The molecule has 0 aliphatic carbocycles. The number of fused-ring (bicyclic) bond motifs is 13. The molecule has 4 aliphatic heterocycles. The van der Waals surface area contributed by atoms with Gasteiger partial charge in [-0.1, -0.05) is 170 Å². The topological polar surface area (TPSA) is 16.3 Å². The second-order valence-corrected chi connectivity index (χ2v) is 18.8. The quantitative estimate of drug-likeness (QED) is 0.164. The molecule has 0 saturated carbocycles. The van der Waals surface area contributed by atoms with Crippen LogP contribution in [0.2, 0.25) is 0 Å². The number of nitrogens with zero attached hydrogens (tertiary/aromatic N) is 4. The third-order valence-corrected chi connectivity index (χ3v) is 15.4. The van der Waals surface area contributed by atoms with Crippen molar-refractivity contribution in [3.05, 3.63) is 231 Å². The first-order valence-electron chi connectivity index (χ1n) is 23.8. The maximum atomic E-state index is 2.76. The fraction of sp³-hybridized carbons (Fsp3) is 0. The van der Waals surface area contributed by atoms with E-state index in [2.05, 4.69) is 249 Å². The normalized spacial score (nSPS) is 13.5. The minimum Gasteiger partial charge on any atom is -0.374 e. The molecule has 6 heterocycles. The first-order chi connectivity index (χ1) is 33.8. The zero-order valence-electron chi connectivity index (χ0n) is 36.9. The molecule has 16 rings (SSSR count). The molecule has 10 aromatic carbocycles. The van der Waals surface area contributed by atoms with Crippen molar-refractivity contribution in [2.24, 2.45) is 0 Å². The van der Waals surface area contributed by atoms with E-state index in [1.165, 1.54) is 122 Å². The molecule has 0 unspecified atom stereocenters. The molecule has 0 saturated heterocycles. The number of hydrogen-bond acceptors (Lipinski definition) is 2. The van der Waals surface area contributed by atoms with Crippen LogP contribution in [0.3, 0.4) is 0 Å². The molecule has 6 heteroatoms. The molecular formula is C62H38B2N4. The Morgan fingerprint density at radius 3 is 1.07 bits per heavy atom. The third-order valence-electron chi connectivity index (χ3n) is 15.4.